The summed E-state index contributed by atoms with van der Waals surface area (Å²) >= 11 is 0. The molecule has 0 aliphatic carbocycles. The predicted molar refractivity (Wildman–Crippen MR) is 126 cm³/mol. The van der Waals surface area contributed by atoms with E-state index >= 15 is 0 Å². The quantitative estimate of drug-likeness (QED) is 0.620. The monoisotopic (exact) mass is 429 g/mol. The first-order valence-corrected chi connectivity index (χ1v) is 12.1. The Hall–Kier alpha value is -2.79. The molecule has 2 aromatic carbocycles. The maximum atomic E-state index is 13.3. The van der Waals surface area contributed by atoms with Crippen LogP contribution in [0.2, 0.25) is 0 Å². The number of amides is 1. The summed E-state index contributed by atoms with van der Waals surface area (Å²) in [7, 11) is 0. The van der Waals surface area contributed by atoms with Gasteiger partial charge in [0.25, 0.3) is 5.91 Å². The van der Waals surface area contributed by atoms with Crippen LogP contribution in [0, 0.1) is 12.8 Å². The van der Waals surface area contributed by atoms with E-state index in [0.29, 0.717) is 12.5 Å². The van der Waals surface area contributed by atoms with Crippen LogP contribution in [-0.2, 0) is 13.0 Å². The van der Waals surface area contributed by atoms with Gasteiger partial charge in [0.1, 0.15) is 5.75 Å². The van der Waals surface area contributed by atoms with Crippen LogP contribution in [0.4, 0.5) is 0 Å². The second kappa shape index (κ2) is 7.66. The zero-order valence-corrected chi connectivity index (χ0v) is 18.7. The van der Waals surface area contributed by atoms with Crippen molar-refractivity contribution in [2.45, 2.75) is 57.7 Å². The molecule has 1 aromatic heterocycles. The third-order valence-electron chi connectivity index (χ3n) is 7.84. The van der Waals surface area contributed by atoms with Crippen LogP contribution < -0.4 is 10.1 Å². The number of carbonyl (C=O) groups excluding carboxylic acids is 1. The maximum Gasteiger partial charge on any atom is 0.254 e. The number of ether oxygens (including phenoxy) is 1. The molecule has 3 aliphatic heterocycles. The zero-order chi connectivity index (χ0) is 21.7. The van der Waals surface area contributed by atoms with Crippen LogP contribution in [0.3, 0.4) is 0 Å². The molecule has 2 fully saturated rings. The van der Waals surface area contributed by atoms with Gasteiger partial charge in [-0.1, -0.05) is 30.3 Å². The van der Waals surface area contributed by atoms with E-state index in [0.717, 1.165) is 59.4 Å². The molecule has 1 spiro atoms. The average Bonchev–Trinajstić information content (AvgIpc) is 3.17. The second-order valence-corrected chi connectivity index (χ2v) is 9.69. The lowest BCUT2D eigenvalue weighted by molar-refractivity contribution is -0.177. The number of rotatable bonds is 3. The van der Waals surface area contributed by atoms with Crippen LogP contribution in [0.1, 0.15) is 59.3 Å². The molecule has 4 heterocycles. The Labute approximate surface area is 189 Å². The first-order chi connectivity index (χ1) is 15.7. The number of aromatic nitrogens is 1. The summed E-state index contributed by atoms with van der Waals surface area (Å²) in [5.74, 6) is 1.44. The largest absolute Gasteiger partial charge is 0.472 e. The van der Waals surface area contributed by atoms with Crippen molar-refractivity contribution >= 4 is 16.8 Å². The minimum atomic E-state index is -0.141. The summed E-state index contributed by atoms with van der Waals surface area (Å²) in [6.45, 7) is 4.81. The molecule has 1 amide bonds. The summed E-state index contributed by atoms with van der Waals surface area (Å²) in [5, 5.41) is 4.18. The zero-order valence-electron chi connectivity index (χ0n) is 18.7. The number of hydrogen-bond acceptors (Lipinski definition) is 3. The van der Waals surface area contributed by atoms with Gasteiger partial charge < -0.3 is 15.0 Å². The SMILES string of the molecule is Cc1[nH]c2ccc3c(c2c1C(=O)NCc1ccccc1)CC1CCCN2CCCCC12O3. The van der Waals surface area contributed by atoms with E-state index in [1.807, 2.05) is 37.3 Å². The summed E-state index contributed by atoms with van der Waals surface area (Å²) < 4.78 is 6.89. The fourth-order valence-electron chi connectivity index (χ4n) is 6.36. The molecule has 2 N–H and O–H groups in total. The number of carbonyl (C=O) groups is 1. The van der Waals surface area contributed by atoms with E-state index in [2.05, 4.69) is 27.3 Å². The van der Waals surface area contributed by atoms with Gasteiger partial charge in [-0.05, 0) is 56.7 Å². The molecule has 2 unspecified atom stereocenters. The van der Waals surface area contributed by atoms with Crippen molar-refractivity contribution in [1.82, 2.24) is 15.2 Å². The number of piperidine rings is 2. The van der Waals surface area contributed by atoms with Crippen molar-refractivity contribution in [2.75, 3.05) is 13.1 Å². The smallest absolute Gasteiger partial charge is 0.254 e. The fraction of sp³-hybridized carbons (Fsp3) is 0.444. The first-order valence-electron chi connectivity index (χ1n) is 12.1. The summed E-state index contributed by atoms with van der Waals surface area (Å²) in [4.78, 5) is 19.4. The molecule has 0 bridgehead atoms. The minimum Gasteiger partial charge on any atom is -0.472 e. The van der Waals surface area contributed by atoms with Crippen LogP contribution in [-0.4, -0.2) is 34.6 Å². The Kier molecular flexibility index (Phi) is 4.76. The third-order valence-corrected chi connectivity index (χ3v) is 7.84. The number of hydrogen-bond donors (Lipinski definition) is 2. The fourth-order valence-corrected chi connectivity index (χ4v) is 6.36. The molecule has 6 rings (SSSR count). The van der Waals surface area contributed by atoms with Gasteiger partial charge in [-0.15, -0.1) is 0 Å². The third kappa shape index (κ3) is 3.06. The van der Waals surface area contributed by atoms with E-state index < -0.39 is 0 Å². The van der Waals surface area contributed by atoms with E-state index in [1.54, 1.807) is 0 Å². The topological polar surface area (TPSA) is 57.4 Å². The van der Waals surface area contributed by atoms with Gasteiger partial charge in [0.05, 0.1) is 5.56 Å². The molecule has 32 heavy (non-hydrogen) atoms. The molecule has 5 heteroatoms. The number of aromatic amines is 1. The molecule has 5 nitrogen and oxygen atoms in total. The normalized spacial score (nSPS) is 24.8. The number of fused-ring (bicyclic) bond motifs is 3. The lowest BCUT2D eigenvalue weighted by atomic mass is 9.74. The summed E-state index contributed by atoms with van der Waals surface area (Å²) in [6.07, 6.45) is 7.04. The Morgan fingerprint density at radius 3 is 2.88 bits per heavy atom. The van der Waals surface area contributed by atoms with Crippen molar-refractivity contribution in [1.29, 1.82) is 0 Å². The average molecular weight is 430 g/mol. The lowest BCUT2D eigenvalue weighted by Crippen LogP contribution is -2.64. The Bertz CT molecular complexity index is 1170. The van der Waals surface area contributed by atoms with Crippen molar-refractivity contribution < 1.29 is 9.53 Å². The van der Waals surface area contributed by atoms with Gasteiger partial charge in [0, 0.05) is 54.1 Å². The van der Waals surface area contributed by atoms with Crippen LogP contribution in [0.25, 0.3) is 10.9 Å². The van der Waals surface area contributed by atoms with E-state index in [9.17, 15) is 4.79 Å². The van der Waals surface area contributed by atoms with Crippen molar-refractivity contribution in [2.24, 2.45) is 5.92 Å². The van der Waals surface area contributed by atoms with E-state index in [-0.39, 0.29) is 11.6 Å². The van der Waals surface area contributed by atoms with Crippen LogP contribution >= 0.6 is 0 Å². The van der Waals surface area contributed by atoms with Crippen molar-refractivity contribution in [3.63, 3.8) is 0 Å². The Balaban J connectivity index is 1.38. The van der Waals surface area contributed by atoms with Gasteiger partial charge in [0.2, 0.25) is 0 Å². The van der Waals surface area contributed by atoms with Crippen molar-refractivity contribution in [3.05, 3.63) is 64.8 Å². The molecule has 3 aromatic rings. The second-order valence-electron chi connectivity index (χ2n) is 9.69. The van der Waals surface area contributed by atoms with Gasteiger partial charge in [-0.2, -0.15) is 0 Å². The first kappa shape index (κ1) is 19.9. The predicted octanol–water partition coefficient (Wildman–Crippen LogP) is 4.93. The highest BCUT2D eigenvalue weighted by atomic mass is 16.5. The van der Waals surface area contributed by atoms with Crippen LogP contribution in [0.5, 0.6) is 5.75 Å². The number of H-pyrrole nitrogens is 1. The molecule has 0 radical (unpaired) electrons. The lowest BCUT2D eigenvalue weighted by Gasteiger charge is -2.56. The highest BCUT2D eigenvalue weighted by molar-refractivity contribution is 6.09. The van der Waals surface area contributed by atoms with Gasteiger partial charge in [-0.25, -0.2) is 0 Å². The van der Waals surface area contributed by atoms with Gasteiger partial charge in [-0.3, -0.25) is 9.69 Å². The summed E-state index contributed by atoms with van der Waals surface area (Å²) in [5.41, 5.74) is 4.89. The highest BCUT2D eigenvalue weighted by Gasteiger charge is 2.52. The number of benzene rings is 2. The molecular formula is C27H31N3O2. The minimum absolute atomic E-state index is 0.0192. The van der Waals surface area contributed by atoms with Gasteiger partial charge in [0.15, 0.2) is 5.72 Å². The maximum absolute atomic E-state index is 13.3. The van der Waals surface area contributed by atoms with Gasteiger partial charge >= 0.3 is 0 Å². The van der Waals surface area contributed by atoms with Crippen molar-refractivity contribution in [3.8, 4) is 5.75 Å². The molecule has 3 aliphatic rings. The molecular weight excluding hydrogens is 398 g/mol. The molecule has 2 saturated heterocycles. The number of aryl methyl sites for hydroxylation is 1. The van der Waals surface area contributed by atoms with E-state index in [1.165, 1.54) is 31.2 Å². The molecule has 2 atom stereocenters. The highest BCUT2D eigenvalue weighted by Crippen LogP contribution is 2.50. The Morgan fingerprint density at radius 1 is 1.16 bits per heavy atom. The number of nitrogens with zero attached hydrogens (tertiary/aromatic N) is 1. The molecule has 0 saturated carbocycles. The number of nitrogens with one attached hydrogen (secondary N) is 2. The standard InChI is InChI=1S/C27H31N3O2/c1-18-24(26(31)28-17-19-8-3-2-4-9-19)25-21-16-20-10-7-15-30-14-6-5-13-27(20,30)32-23(21)12-11-22(25)29-18/h2-4,8-9,11-12,20,29H,5-7,10,13-17H2,1H3,(H,28,31). The van der Waals surface area contributed by atoms with Crippen LogP contribution in [0.15, 0.2) is 42.5 Å². The van der Waals surface area contributed by atoms with E-state index in [4.69, 9.17) is 4.74 Å². The Morgan fingerprint density at radius 2 is 2.00 bits per heavy atom. The summed E-state index contributed by atoms with van der Waals surface area (Å²) in [6, 6.07) is 14.3. The molecule has 166 valence electrons.